The van der Waals surface area contributed by atoms with E-state index in [0.29, 0.717) is 0 Å². The van der Waals surface area contributed by atoms with Crippen molar-refractivity contribution in [2.24, 2.45) is 0 Å². The summed E-state index contributed by atoms with van der Waals surface area (Å²) < 4.78 is 39.7. The minimum absolute atomic E-state index is 0.134. The van der Waals surface area contributed by atoms with E-state index < -0.39 is 47.3 Å². The summed E-state index contributed by atoms with van der Waals surface area (Å²) in [7, 11) is -4.89. The maximum Gasteiger partial charge on any atom is 0.217 e. The molecule has 2 unspecified atom stereocenters. The number of ether oxygens (including phenoxy) is 1. The van der Waals surface area contributed by atoms with Gasteiger partial charge in [0.05, 0.1) is 19.3 Å². The van der Waals surface area contributed by atoms with E-state index in [2.05, 4.69) is 9.50 Å². The van der Waals surface area contributed by atoms with Gasteiger partial charge in [0.15, 0.2) is 0 Å². The smallest absolute Gasteiger partial charge is 0.217 e. The molecule has 1 amide bonds. The molecule has 0 aliphatic carbocycles. The summed E-state index contributed by atoms with van der Waals surface area (Å²) in [6.45, 7) is 0.403. The molecule has 0 aromatic rings. The van der Waals surface area contributed by atoms with Crippen molar-refractivity contribution in [2.75, 3.05) is 13.2 Å². The molecule has 0 aromatic carbocycles. The van der Waals surface area contributed by atoms with Gasteiger partial charge in [0.2, 0.25) is 16.3 Å². The molecule has 0 spiro atoms. The van der Waals surface area contributed by atoms with Gasteiger partial charge in [-0.15, -0.1) is 0 Å². The maximum atomic E-state index is 10.8. The highest BCUT2D eigenvalue weighted by Crippen LogP contribution is 2.16. The van der Waals surface area contributed by atoms with Crippen LogP contribution in [0.2, 0.25) is 0 Å². The van der Waals surface area contributed by atoms with Gasteiger partial charge in [-0.25, -0.2) is 8.42 Å². The number of hydrogen-bond donors (Lipinski definition) is 3. The Morgan fingerprint density at radius 3 is 2.61 bits per heavy atom. The lowest BCUT2D eigenvalue weighted by atomic mass is 9.98. The lowest BCUT2D eigenvalue weighted by Gasteiger charge is -2.37. The summed E-state index contributed by atoms with van der Waals surface area (Å²) in [5.74, 6) is -0.410. The van der Waals surface area contributed by atoms with Crippen LogP contribution < -0.4 is 5.32 Å². The number of carbonyl (C=O) groups excluding carboxylic acids is 1. The van der Waals surface area contributed by atoms with Crippen LogP contribution in [0, 0.1) is 0 Å². The fourth-order valence-corrected chi connectivity index (χ4v) is 1.87. The van der Waals surface area contributed by atoms with E-state index in [1.54, 1.807) is 0 Å². The fraction of sp³-hybridized carbons (Fsp3) is 0.875. The van der Waals surface area contributed by atoms with Crippen LogP contribution in [0.1, 0.15) is 6.92 Å². The Hall–Kier alpha value is -0.780. The number of carbonyl (C=O) groups is 1. The Kier molecular flexibility index (Phi) is 5.01. The minimum atomic E-state index is -4.89. The van der Waals surface area contributed by atoms with E-state index in [9.17, 15) is 28.0 Å². The van der Waals surface area contributed by atoms with Gasteiger partial charge in [-0.2, -0.15) is 0 Å². The number of aliphatic hydroxyl groups is 2. The van der Waals surface area contributed by atoms with E-state index in [4.69, 9.17) is 4.74 Å². The lowest BCUT2D eigenvalue weighted by Crippen LogP contribution is -2.59. The molecule has 1 rings (SSSR count). The highest BCUT2D eigenvalue weighted by molar-refractivity contribution is 7.80. The molecule has 0 bridgehead atoms. The van der Waals surface area contributed by atoms with Crippen LogP contribution in [0.3, 0.4) is 0 Å². The molecule has 9 nitrogen and oxygen atoms in total. The monoisotopic (exact) mass is 284 g/mol. The van der Waals surface area contributed by atoms with Crippen LogP contribution in [0.4, 0.5) is 0 Å². The Bertz CT molecular complexity index is 396. The first-order valence-corrected chi connectivity index (χ1v) is 6.39. The summed E-state index contributed by atoms with van der Waals surface area (Å²) in [5.41, 5.74) is 0. The van der Waals surface area contributed by atoms with Gasteiger partial charge >= 0.3 is 0 Å². The van der Waals surface area contributed by atoms with E-state index in [0.717, 1.165) is 0 Å². The number of nitrogens with one attached hydrogen (secondary N) is 1. The summed E-state index contributed by atoms with van der Waals surface area (Å²) in [4.78, 5) is 10.8. The largest absolute Gasteiger partial charge is 0.726 e. The number of aliphatic hydroxyl groups excluding tert-OH is 2. The molecule has 106 valence electrons. The molecule has 4 atom stereocenters. The number of rotatable bonds is 4. The van der Waals surface area contributed by atoms with Crippen molar-refractivity contribution < 1.29 is 36.9 Å². The van der Waals surface area contributed by atoms with Crippen LogP contribution >= 0.6 is 0 Å². The van der Waals surface area contributed by atoms with Gasteiger partial charge in [0, 0.05) is 6.92 Å². The van der Waals surface area contributed by atoms with Gasteiger partial charge in [0.1, 0.15) is 18.3 Å². The second kappa shape index (κ2) is 5.91. The van der Waals surface area contributed by atoms with Gasteiger partial charge in [-0.3, -0.25) is 8.98 Å². The summed E-state index contributed by atoms with van der Waals surface area (Å²) in [6, 6.07) is -0.808. The molecule has 3 N–H and O–H groups in total. The van der Waals surface area contributed by atoms with Crippen molar-refractivity contribution in [3.05, 3.63) is 0 Å². The van der Waals surface area contributed by atoms with Gasteiger partial charge in [-0.05, 0) is 0 Å². The highest BCUT2D eigenvalue weighted by Gasteiger charge is 2.39. The van der Waals surface area contributed by atoms with E-state index in [1.165, 1.54) is 6.92 Å². The quantitative estimate of drug-likeness (QED) is 0.368. The topological polar surface area (TPSA) is 145 Å². The first-order valence-electron chi connectivity index (χ1n) is 5.06. The Balaban J connectivity index is 2.55. The zero-order valence-electron chi connectivity index (χ0n) is 9.48. The third-order valence-corrected chi connectivity index (χ3v) is 2.82. The van der Waals surface area contributed by atoms with Crippen molar-refractivity contribution in [2.45, 2.75) is 31.3 Å². The molecular weight excluding hydrogens is 270 g/mol. The average Bonchev–Trinajstić information content (AvgIpc) is 2.22. The second-order valence-corrected chi connectivity index (χ2v) is 4.90. The van der Waals surface area contributed by atoms with Crippen molar-refractivity contribution in [1.29, 1.82) is 0 Å². The fourth-order valence-electron chi connectivity index (χ4n) is 1.57. The molecule has 10 heteroatoms. The normalized spacial score (nSPS) is 33.1. The van der Waals surface area contributed by atoms with Crippen LogP contribution in [-0.2, 0) is 24.1 Å². The van der Waals surface area contributed by atoms with Gasteiger partial charge < -0.3 is 24.8 Å². The summed E-state index contributed by atoms with van der Waals surface area (Å²) in [6.07, 6.45) is -3.98. The third-order valence-electron chi connectivity index (χ3n) is 2.40. The zero-order chi connectivity index (χ0) is 13.9. The lowest BCUT2D eigenvalue weighted by molar-refractivity contribution is -0.162. The highest BCUT2D eigenvalue weighted by atomic mass is 32.3. The Morgan fingerprint density at radius 2 is 2.11 bits per heavy atom. The van der Waals surface area contributed by atoms with Gasteiger partial charge in [-0.1, -0.05) is 0 Å². The maximum absolute atomic E-state index is 10.8. The molecule has 1 aliphatic heterocycles. The molecule has 18 heavy (non-hydrogen) atoms. The SMILES string of the molecule is CC(=O)NC1COC(COS(=O)(=O)[O-])[C@@H](O)[C@H]1O. The molecule has 1 aliphatic rings. The molecule has 0 saturated carbocycles. The van der Waals surface area contributed by atoms with E-state index >= 15 is 0 Å². The first-order chi connectivity index (χ1) is 8.20. The zero-order valence-corrected chi connectivity index (χ0v) is 10.3. The number of amides is 1. The third kappa shape index (κ3) is 4.48. The predicted molar refractivity (Wildman–Crippen MR) is 55.0 cm³/mol. The molecule has 0 radical (unpaired) electrons. The second-order valence-electron chi connectivity index (χ2n) is 3.85. The molecule has 1 saturated heterocycles. The van der Waals surface area contributed by atoms with Crippen molar-refractivity contribution in [3.8, 4) is 0 Å². The van der Waals surface area contributed by atoms with Crippen LogP contribution in [0.25, 0.3) is 0 Å². The van der Waals surface area contributed by atoms with Crippen LogP contribution in [-0.4, -0.2) is 66.7 Å². The Labute approximate surface area is 104 Å². The molecule has 0 aromatic heterocycles. The minimum Gasteiger partial charge on any atom is -0.726 e. The summed E-state index contributed by atoms with van der Waals surface area (Å²) >= 11 is 0. The van der Waals surface area contributed by atoms with Gasteiger partial charge in [0.25, 0.3) is 0 Å². The van der Waals surface area contributed by atoms with Crippen molar-refractivity contribution in [1.82, 2.24) is 5.32 Å². The molecule has 1 fully saturated rings. The van der Waals surface area contributed by atoms with Crippen molar-refractivity contribution in [3.63, 3.8) is 0 Å². The first kappa shape index (κ1) is 15.3. The van der Waals surface area contributed by atoms with E-state index in [-0.39, 0.29) is 6.61 Å². The average molecular weight is 284 g/mol. The Morgan fingerprint density at radius 1 is 1.50 bits per heavy atom. The van der Waals surface area contributed by atoms with Crippen LogP contribution in [0.5, 0.6) is 0 Å². The van der Waals surface area contributed by atoms with E-state index in [1.807, 2.05) is 0 Å². The predicted octanol–water partition coefficient (Wildman–Crippen LogP) is -2.91. The number of hydrogen-bond acceptors (Lipinski definition) is 8. The summed E-state index contributed by atoms with van der Waals surface area (Å²) in [5, 5.41) is 21.6. The van der Waals surface area contributed by atoms with Crippen molar-refractivity contribution >= 4 is 16.3 Å². The van der Waals surface area contributed by atoms with Crippen LogP contribution in [0.15, 0.2) is 0 Å². The standard InChI is InChI=1S/C8H15NO8S/c1-4(10)9-5-2-16-6(8(12)7(5)11)3-17-18(13,14)15/h5-8,11-12H,2-3H2,1H3,(H,9,10)(H,13,14,15)/p-1/t5?,6?,7-,8+/m0/s1. The molecular formula is C8H14NO8S-. The molecule has 1 heterocycles.